The normalized spacial score (nSPS) is 32.0. The van der Waals surface area contributed by atoms with Gasteiger partial charge < -0.3 is 39.1 Å². The molecule has 1 aromatic carbocycles. The van der Waals surface area contributed by atoms with E-state index in [0.29, 0.717) is 11.4 Å². The second kappa shape index (κ2) is 8.60. The minimum absolute atomic E-state index is 0.0974. The highest BCUT2D eigenvalue weighted by molar-refractivity contribution is 5.91. The Morgan fingerprint density at radius 2 is 1.56 bits per heavy atom. The van der Waals surface area contributed by atoms with Crippen LogP contribution in [-0.4, -0.2) is 67.7 Å². The van der Waals surface area contributed by atoms with E-state index >= 15 is 0 Å². The molecular weight excluding hydrogens is 420 g/mol. The number of hydrogen-bond acceptors (Lipinski definition) is 8. The number of carbonyl (C=O) groups excluding carboxylic acids is 2. The number of rotatable bonds is 6. The number of fused-ring (bicyclic) bond motifs is 3. The van der Waals surface area contributed by atoms with Gasteiger partial charge in [-0.15, -0.1) is 0 Å². The molecule has 0 saturated carbocycles. The van der Waals surface area contributed by atoms with Crippen LogP contribution in [-0.2, 0) is 33.3 Å². The van der Waals surface area contributed by atoms with Crippen molar-refractivity contribution in [2.75, 3.05) is 19.0 Å². The van der Waals surface area contributed by atoms with Crippen LogP contribution in [0.2, 0.25) is 0 Å². The summed E-state index contributed by atoms with van der Waals surface area (Å²) in [7, 11) is 1.57. The van der Waals surface area contributed by atoms with E-state index in [0.717, 1.165) is 0 Å². The second-order valence-corrected chi connectivity index (χ2v) is 8.91. The maximum absolute atomic E-state index is 12.9. The van der Waals surface area contributed by atoms with Crippen molar-refractivity contribution in [2.45, 2.75) is 76.4 Å². The predicted molar refractivity (Wildman–Crippen MR) is 112 cm³/mol. The van der Waals surface area contributed by atoms with E-state index < -0.39 is 48.2 Å². The Morgan fingerprint density at radius 3 is 2.25 bits per heavy atom. The molecule has 0 spiro atoms. The highest BCUT2D eigenvalue weighted by Crippen LogP contribution is 2.44. The summed E-state index contributed by atoms with van der Waals surface area (Å²) < 4.78 is 34.7. The summed E-state index contributed by atoms with van der Waals surface area (Å²) in [6.45, 7) is 7.25. The van der Waals surface area contributed by atoms with E-state index in [1.807, 2.05) is 0 Å². The maximum atomic E-state index is 12.9. The first-order valence-corrected chi connectivity index (χ1v) is 10.7. The number of nitrogens with one attached hydrogen (secondary N) is 2. The van der Waals surface area contributed by atoms with E-state index in [-0.39, 0.29) is 18.9 Å². The van der Waals surface area contributed by atoms with E-state index in [4.69, 9.17) is 28.4 Å². The Morgan fingerprint density at radius 1 is 0.938 bits per heavy atom. The molecule has 10 heteroatoms. The summed E-state index contributed by atoms with van der Waals surface area (Å²) in [6, 6.07) is 6.99. The molecule has 10 nitrogen and oxygen atoms in total. The molecule has 176 valence electrons. The first-order valence-electron chi connectivity index (χ1n) is 10.7. The molecule has 1 aromatic rings. The molecular formula is C22H30N2O8. The fourth-order valence-corrected chi connectivity index (χ4v) is 4.12. The van der Waals surface area contributed by atoms with Gasteiger partial charge in [0.2, 0.25) is 5.91 Å². The van der Waals surface area contributed by atoms with Gasteiger partial charge in [0.05, 0.1) is 7.11 Å². The summed E-state index contributed by atoms with van der Waals surface area (Å²) >= 11 is 0. The van der Waals surface area contributed by atoms with Crippen LogP contribution in [0.25, 0.3) is 0 Å². The molecule has 0 bridgehead atoms. The van der Waals surface area contributed by atoms with Gasteiger partial charge in [0.15, 0.2) is 24.0 Å². The van der Waals surface area contributed by atoms with Crippen molar-refractivity contribution in [3.63, 3.8) is 0 Å². The molecule has 0 aromatic heterocycles. The first-order chi connectivity index (χ1) is 15.1. The predicted octanol–water partition coefficient (Wildman–Crippen LogP) is 1.54. The zero-order valence-corrected chi connectivity index (χ0v) is 18.9. The van der Waals surface area contributed by atoms with Gasteiger partial charge in [0, 0.05) is 18.7 Å². The molecule has 3 heterocycles. The average Bonchev–Trinajstić information content (AvgIpc) is 3.21. The SMILES string of the molecule is COc1ccc(NC(=O)CCNC(=O)[C@@H]2O[C@@H]3OC(C)(C)O[C@@H]3[C@H]3OC(C)(C)O[C@H]32)cc1. The lowest BCUT2D eigenvalue weighted by molar-refractivity contribution is -0.231. The van der Waals surface area contributed by atoms with Gasteiger partial charge in [-0.2, -0.15) is 0 Å². The van der Waals surface area contributed by atoms with Crippen molar-refractivity contribution in [1.82, 2.24) is 5.32 Å². The van der Waals surface area contributed by atoms with Gasteiger partial charge in [-0.05, 0) is 52.0 Å². The van der Waals surface area contributed by atoms with Gasteiger partial charge in [-0.3, -0.25) is 9.59 Å². The molecule has 3 fully saturated rings. The van der Waals surface area contributed by atoms with Crippen LogP contribution in [0.5, 0.6) is 5.75 Å². The second-order valence-electron chi connectivity index (χ2n) is 8.91. The van der Waals surface area contributed by atoms with E-state index in [1.165, 1.54) is 0 Å². The van der Waals surface area contributed by atoms with Crippen molar-refractivity contribution in [3.8, 4) is 5.75 Å². The number of amides is 2. The molecule has 5 atom stereocenters. The van der Waals surface area contributed by atoms with Crippen LogP contribution < -0.4 is 15.4 Å². The van der Waals surface area contributed by atoms with Crippen LogP contribution in [0.3, 0.4) is 0 Å². The minimum atomic E-state index is -0.954. The Kier molecular flexibility index (Phi) is 6.17. The smallest absolute Gasteiger partial charge is 0.252 e. The van der Waals surface area contributed by atoms with Crippen LogP contribution in [0.1, 0.15) is 34.1 Å². The lowest BCUT2D eigenvalue weighted by Gasteiger charge is -2.36. The number of anilines is 1. The molecule has 0 radical (unpaired) electrons. The fourth-order valence-electron chi connectivity index (χ4n) is 4.12. The monoisotopic (exact) mass is 450 g/mol. The van der Waals surface area contributed by atoms with Crippen LogP contribution >= 0.6 is 0 Å². The molecule has 3 aliphatic heterocycles. The van der Waals surface area contributed by atoms with Crippen molar-refractivity contribution in [1.29, 1.82) is 0 Å². The number of ether oxygens (including phenoxy) is 6. The van der Waals surface area contributed by atoms with Crippen molar-refractivity contribution < 1.29 is 38.0 Å². The zero-order chi connectivity index (χ0) is 23.1. The van der Waals surface area contributed by atoms with E-state index in [2.05, 4.69) is 10.6 Å². The number of hydrogen-bond donors (Lipinski definition) is 2. The Hall–Kier alpha value is -2.24. The molecule has 2 N–H and O–H groups in total. The Labute approximate surface area is 186 Å². The topological polar surface area (TPSA) is 114 Å². The summed E-state index contributed by atoms with van der Waals surface area (Å²) in [4.78, 5) is 25.1. The average molecular weight is 450 g/mol. The zero-order valence-electron chi connectivity index (χ0n) is 18.9. The third-order valence-corrected chi connectivity index (χ3v) is 5.44. The molecule has 32 heavy (non-hydrogen) atoms. The lowest BCUT2D eigenvalue weighted by atomic mass is 9.98. The van der Waals surface area contributed by atoms with Gasteiger partial charge in [0.1, 0.15) is 24.1 Å². The van der Waals surface area contributed by atoms with Gasteiger partial charge in [-0.25, -0.2) is 0 Å². The summed E-state index contributed by atoms with van der Waals surface area (Å²) in [6.07, 6.45) is -3.28. The van der Waals surface area contributed by atoms with Gasteiger partial charge in [0.25, 0.3) is 5.91 Å². The highest BCUT2D eigenvalue weighted by atomic mass is 16.9. The molecule has 0 unspecified atom stereocenters. The van der Waals surface area contributed by atoms with Crippen LogP contribution in [0.15, 0.2) is 24.3 Å². The molecule has 0 aliphatic carbocycles. The largest absolute Gasteiger partial charge is 0.497 e. The number of methoxy groups -OCH3 is 1. The molecule has 3 aliphatic rings. The first kappa shape index (κ1) is 22.9. The maximum Gasteiger partial charge on any atom is 0.252 e. The quantitative estimate of drug-likeness (QED) is 0.671. The van der Waals surface area contributed by atoms with Crippen molar-refractivity contribution in [3.05, 3.63) is 24.3 Å². The number of carbonyl (C=O) groups is 2. The number of benzene rings is 1. The van der Waals surface area contributed by atoms with Gasteiger partial charge in [-0.1, -0.05) is 0 Å². The van der Waals surface area contributed by atoms with Gasteiger partial charge >= 0.3 is 0 Å². The molecule has 2 amide bonds. The third kappa shape index (κ3) is 4.89. The lowest BCUT2D eigenvalue weighted by Crippen LogP contribution is -2.59. The summed E-state index contributed by atoms with van der Waals surface area (Å²) in [5.41, 5.74) is 0.645. The van der Waals surface area contributed by atoms with E-state index in [9.17, 15) is 9.59 Å². The Bertz CT molecular complexity index is 856. The highest BCUT2D eigenvalue weighted by Gasteiger charge is 2.62. The summed E-state index contributed by atoms with van der Waals surface area (Å²) in [5, 5.41) is 5.53. The Balaban J connectivity index is 1.32. The van der Waals surface area contributed by atoms with E-state index in [1.54, 1.807) is 59.1 Å². The fraction of sp³-hybridized carbons (Fsp3) is 0.636. The standard InChI is InChI=1S/C22H30N2O8/c1-21(2)29-15-16(30-21)18-20(32-22(3,4)31-18)28-17(15)19(26)23-11-10-14(25)24-12-6-8-13(27-5)9-7-12/h6-9,15-18,20H,10-11H2,1-5H3,(H,23,26)(H,24,25)/t15-,16+,17-,18-,20-/m1/s1. The molecule has 3 saturated heterocycles. The van der Waals surface area contributed by atoms with Crippen molar-refractivity contribution >= 4 is 17.5 Å². The minimum Gasteiger partial charge on any atom is -0.497 e. The van der Waals surface area contributed by atoms with Crippen LogP contribution in [0.4, 0.5) is 5.69 Å². The summed E-state index contributed by atoms with van der Waals surface area (Å²) in [5.74, 6) is -1.68. The third-order valence-electron chi connectivity index (χ3n) is 5.44. The molecule has 4 rings (SSSR count). The van der Waals surface area contributed by atoms with Crippen molar-refractivity contribution in [2.24, 2.45) is 0 Å². The van der Waals surface area contributed by atoms with Crippen LogP contribution in [0, 0.1) is 0 Å².